The zero-order valence-corrected chi connectivity index (χ0v) is 9.25. The van der Waals surface area contributed by atoms with Crippen molar-refractivity contribution in [3.63, 3.8) is 0 Å². The van der Waals surface area contributed by atoms with Gasteiger partial charge in [0.15, 0.2) is 11.6 Å². The van der Waals surface area contributed by atoms with Crippen LogP contribution in [0.15, 0.2) is 11.2 Å². The zero-order chi connectivity index (χ0) is 13.0. The van der Waals surface area contributed by atoms with Crippen molar-refractivity contribution in [1.29, 1.82) is 0 Å². The number of hydrogen-bond donors (Lipinski definition) is 2. The molecule has 17 heavy (non-hydrogen) atoms. The molecule has 0 atom stereocenters. The number of benzene rings is 1. The number of ether oxygens (including phenoxy) is 1. The lowest BCUT2D eigenvalue weighted by Crippen LogP contribution is -2.24. The normalized spacial score (nSPS) is 10.6. The summed E-state index contributed by atoms with van der Waals surface area (Å²) in [7, 11) is 1.34. The molecule has 0 fully saturated rings. The van der Waals surface area contributed by atoms with Crippen molar-refractivity contribution >= 4 is 12.2 Å². The summed E-state index contributed by atoms with van der Waals surface area (Å²) < 4.78 is 31.7. The molecule has 0 aliphatic carbocycles. The van der Waals surface area contributed by atoms with Crippen molar-refractivity contribution in [2.24, 2.45) is 10.8 Å². The lowest BCUT2D eigenvalue weighted by atomic mass is 10.1. The van der Waals surface area contributed by atoms with Gasteiger partial charge in [-0.3, -0.25) is 0 Å². The SMILES string of the molecule is COc1cc(C=NNC(N)=O)c(F)c(F)c1C. The van der Waals surface area contributed by atoms with Crippen molar-refractivity contribution in [1.82, 2.24) is 5.43 Å². The number of rotatable bonds is 3. The van der Waals surface area contributed by atoms with Crippen LogP contribution in [0.4, 0.5) is 13.6 Å². The first-order valence-corrected chi connectivity index (χ1v) is 4.58. The highest BCUT2D eigenvalue weighted by atomic mass is 19.2. The molecule has 5 nitrogen and oxygen atoms in total. The van der Waals surface area contributed by atoms with E-state index in [-0.39, 0.29) is 16.9 Å². The van der Waals surface area contributed by atoms with Crippen LogP contribution >= 0.6 is 0 Å². The van der Waals surface area contributed by atoms with Crippen LogP contribution < -0.4 is 15.9 Å². The van der Waals surface area contributed by atoms with E-state index in [9.17, 15) is 13.6 Å². The highest BCUT2D eigenvalue weighted by Crippen LogP contribution is 2.25. The van der Waals surface area contributed by atoms with Gasteiger partial charge >= 0.3 is 6.03 Å². The van der Waals surface area contributed by atoms with Crippen molar-refractivity contribution < 1.29 is 18.3 Å². The monoisotopic (exact) mass is 243 g/mol. The predicted molar refractivity (Wildman–Crippen MR) is 58.0 cm³/mol. The first-order chi connectivity index (χ1) is 7.97. The molecule has 0 saturated heterocycles. The van der Waals surface area contributed by atoms with Crippen molar-refractivity contribution in [3.8, 4) is 5.75 Å². The van der Waals surface area contributed by atoms with Gasteiger partial charge in [0.25, 0.3) is 0 Å². The number of carbonyl (C=O) groups excluding carboxylic acids is 1. The third-order valence-electron chi connectivity index (χ3n) is 2.03. The van der Waals surface area contributed by atoms with E-state index in [1.807, 2.05) is 5.43 Å². The first kappa shape index (κ1) is 12.9. The summed E-state index contributed by atoms with van der Waals surface area (Å²) in [6.07, 6.45) is 0.936. The second-order valence-electron chi connectivity index (χ2n) is 3.16. The maximum Gasteiger partial charge on any atom is 0.332 e. The summed E-state index contributed by atoms with van der Waals surface area (Å²) >= 11 is 0. The molecule has 0 saturated carbocycles. The molecule has 0 aliphatic rings. The molecule has 0 aromatic heterocycles. The molecule has 0 spiro atoms. The number of halogens is 2. The van der Waals surface area contributed by atoms with Gasteiger partial charge < -0.3 is 10.5 Å². The number of nitrogens with two attached hydrogens (primary N) is 1. The van der Waals surface area contributed by atoms with Crippen LogP contribution in [0.5, 0.6) is 5.75 Å². The third kappa shape index (κ3) is 2.90. The van der Waals surface area contributed by atoms with Gasteiger partial charge in [-0.2, -0.15) is 5.10 Å². The summed E-state index contributed by atoms with van der Waals surface area (Å²) in [6, 6.07) is 0.362. The van der Waals surface area contributed by atoms with E-state index < -0.39 is 17.7 Å². The third-order valence-corrected chi connectivity index (χ3v) is 2.03. The number of carbonyl (C=O) groups is 1. The number of nitrogens with zero attached hydrogens (tertiary/aromatic N) is 1. The smallest absolute Gasteiger partial charge is 0.332 e. The van der Waals surface area contributed by atoms with Crippen LogP contribution in [-0.4, -0.2) is 19.4 Å². The van der Waals surface area contributed by atoms with Crippen LogP contribution in [0.2, 0.25) is 0 Å². The Hall–Kier alpha value is -2.18. The fraction of sp³-hybridized carbons (Fsp3) is 0.200. The molecule has 1 aromatic carbocycles. The number of methoxy groups -OCH3 is 1. The molecule has 2 amide bonds. The van der Waals surface area contributed by atoms with Gasteiger partial charge in [-0.1, -0.05) is 0 Å². The Bertz CT molecular complexity index is 475. The Kier molecular flexibility index (Phi) is 3.97. The number of hydrazone groups is 1. The Morgan fingerprint density at radius 2 is 2.18 bits per heavy atom. The standard InChI is InChI=1S/C10H11F2N3O2/c1-5-7(17-2)3-6(9(12)8(5)11)4-14-15-10(13)16/h3-4H,1-2H3,(H3,13,15,16). The van der Waals surface area contributed by atoms with Crippen LogP contribution in [0.3, 0.4) is 0 Å². The van der Waals surface area contributed by atoms with Crippen molar-refractivity contribution in [3.05, 3.63) is 28.8 Å². The van der Waals surface area contributed by atoms with Gasteiger partial charge in [0, 0.05) is 11.1 Å². The van der Waals surface area contributed by atoms with E-state index in [2.05, 4.69) is 5.10 Å². The fourth-order valence-corrected chi connectivity index (χ4v) is 1.18. The number of amides is 2. The number of hydrogen-bond acceptors (Lipinski definition) is 3. The molecule has 0 radical (unpaired) electrons. The van der Waals surface area contributed by atoms with E-state index in [0.29, 0.717) is 0 Å². The average Bonchev–Trinajstić information content (AvgIpc) is 2.29. The summed E-state index contributed by atoms with van der Waals surface area (Å²) in [4.78, 5) is 10.3. The topological polar surface area (TPSA) is 76.7 Å². The fourth-order valence-electron chi connectivity index (χ4n) is 1.18. The van der Waals surface area contributed by atoms with Crippen LogP contribution in [-0.2, 0) is 0 Å². The Morgan fingerprint density at radius 1 is 1.53 bits per heavy atom. The minimum atomic E-state index is -1.07. The maximum atomic E-state index is 13.4. The number of primary amides is 1. The molecule has 7 heteroatoms. The number of nitrogens with one attached hydrogen (secondary N) is 1. The Labute approximate surface area is 96.3 Å². The molecule has 92 valence electrons. The predicted octanol–water partition coefficient (Wildman–Crippen LogP) is 1.28. The minimum absolute atomic E-state index is 0.0602. The summed E-state index contributed by atoms with van der Waals surface area (Å²) in [5.74, 6) is -1.91. The molecule has 0 bridgehead atoms. The molecule has 0 aliphatic heterocycles. The minimum Gasteiger partial charge on any atom is -0.496 e. The molecule has 1 rings (SSSR count). The van der Waals surface area contributed by atoms with Crippen LogP contribution in [0.25, 0.3) is 0 Å². The summed E-state index contributed by atoms with van der Waals surface area (Å²) in [6.45, 7) is 1.39. The quantitative estimate of drug-likeness (QED) is 0.619. The lowest BCUT2D eigenvalue weighted by molar-refractivity contribution is 0.249. The highest BCUT2D eigenvalue weighted by Gasteiger charge is 2.14. The second-order valence-corrected chi connectivity index (χ2v) is 3.16. The second kappa shape index (κ2) is 5.24. The average molecular weight is 243 g/mol. The molecular weight excluding hydrogens is 232 g/mol. The van der Waals surface area contributed by atoms with E-state index in [4.69, 9.17) is 10.5 Å². The van der Waals surface area contributed by atoms with E-state index in [1.165, 1.54) is 20.1 Å². The van der Waals surface area contributed by atoms with Gasteiger partial charge in [-0.15, -0.1) is 0 Å². The highest BCUT2D eigenvalue weighted by molar-refractivity contribution is 5.82. The van der Waals surface area contributed by atoms with Gasteiger partial charge in [0.05, 0.1) is 13.3 Å². The van der Waals surface area contributed by atoms with Crippen LogP contribution in [0.1, 0.15) is 11.1 Å². The molecule has 3 N–H and O–H groups in total. The molecule has 0 unspecified atom stereocenters. The van der Waals surface area contributed by atoms with E-state index >= 15 is 0 Å². The summed E-state index contributed by atoms with van der Waals surface area (Å²) in [5.41, 5.74) is 6.53. The van der Waals surface area contributed by atoms with Crippen molar-refractivity contribution in [2.75, 3.05) is 7.11 Å². The van der Waals surface area contributed by atoms with Gasteiger partial charge in [0.1, 0.15) is 5.75 Å². The summed E-state index contributed by atoms with van der Waals surface area (Å²) in [5, 5.41) is 3.34. The Morgan fingerprint density at radius 3 is 2.71 bits per heavy atom. The van der Waals surface area contributed by atoms with Crippen molar-refractivity contribution in [2.45, 2.75) is 6.92 Å². The number of urea groups is 1. The maximum absolute atomic E-state index is 13.4. The zero-order valence-electron chi connectivity index (χ0n) is 9.25. The Balaban J connectivity index is 3.12. The van der Waals surface area contributed by atoms with Gasteiger partial charge in [-0.05, 0) is 13.0 Å². The molecular formula is C10H11F2N3O2. The lowest BCUT2D eigenvalue weighted by Gasteiger charge is -2.08. The van der Waals surface area contributed by atoms with E-state index in [0.717, 1.165) is 6.21 Å². The van der Waals surface area contributed by atoms with Gasteiger partial charge in [-0.25, -0.2) is 19.0 Å². The molecule has 1 aromatic rings. The van der Waals surface area contributed by atoms with E-state index in [1.54, 1.807) is 0 Å². The first-order valence-electron chi connectivity index (χ1n) is 4.58. The largest absolute Gasteiger partial charge is 0.496 e. The molecule has 0 heterocycles. The van der Waals surface area contributed by atoms with Gasteiger partial charge in [0.2, 0.25) is 0 Å². The van der Waals surface area contributed by atoms with Crippen LogP contribution in [0, 0.1) is 18.6 Å².